The van der Waals surface area contributed by atoms with Gasteiger partial charge in [0.05, 0.1) is 12.5 Å². The van der Waals surface area contributed by atoms with Crippen LogP contribution in [-0.2, 0) is 9.53 Å². The minimum atomic E-state index is -0.153. The zero-order valence-corrected chi connectivity index (χ0v) is 6.62. The minimum Gasteiger partial charge on any atom is -0.465 e. The maximum absolute atomic E-state index is 11.1. The largest absolute Gasteiger partial charge is 0.465 e. The second kappa shape index (κ2) is 3.96. The molecule has 0 saturated carbocycles. The van der Waals surface area contributed by atoms with Gasteiger partial charge in [-0.15, -0.1) is 0 Å². The molecule has 0 bridgehead atoms. The molecule has 0 heterocycles. The van der Waals surface area contributed by atoms with E-state index in [1.807, 2.05) is 31.2 Å². The van der Waals surface area contributed by atoms with Crippen LogP contribution >= 0.6 is 0 Å². The van der Waals surface area contributed by atoms with Crippen LogP contribution < -0.4 is 0 Å². The van der Waals surface area contributed by atoms with Gasteiger partial charge in [0.25, 0.3) is 0 Å². The fourth-order valence-corrected chi connectivity index (χ4v) is 0.989. The van der Waals surface area contributed by atoms with Gasteiger partial charge in [0.2, 0.25) is 0 Å². The summed E-state index contributed by atoms with van der Waals surface area (Å²) in [5.74, 6) is -0.302. The molecule has 0 amide bonds. The molecule has 0 unspecified atom stereocenters. The monoisotopic (exact) mass is 152 g/mol. The van der Waals surface area contributed by atoms with Crippen LogP contribution in [0.1, 0.15) is 13.3 Å². The summed E-state index contributed by atoms with van der Waals surface area (Å²) in [6, 6.07) is 0. The van der Waals surface area contributed by atoms with Gasteiger partial charge in [0.1, 0.15) is 0 Å². The molecule has 0 N–H and O–H groups in total. The quantitative estimate of drug-likeness (QED) is 0.444. The molecule has 1 aliphatic carbocycles. The van der Waals surface area contributed by atoms with Crippen molar-refractivity contribution in [1.82, 2.24) is 0 Å². The first-order valence-corrected chi connectivity index (χ1v) is 3.84. The first kappa shape index (κ1) is 8.05. The number of allylic oxidation sites excluding steroid dienone is 2. The van der Waals surface area contributed by atoms with Crippen LogP contribution in [0.25, 0.3) is 0 Å². The summed E-state index contributed by atoms with van der Waals surface area (Å²) in [6.45, 7) is 2.27. The van der Waals surface area contributed by atoms with Crippen LogP contribution in [0, 0.1) is 5.92 Å². The van der Waals surface area contributed by atoms with Crippen molar-refractivity contribution < 1.29 is 9.53 Å². The Balaban J connectivity index is 2.45. The second-order valence-electron chi connectivity index (χ2n) is 2.37. The summed E-state index contributed by atoms with van der Waals surface area (Å²) < 4.78 is 4.84. The molecule has 2 heteroatoms. The highest BCUT2D eigenvalue weighted by Gasteiger charge is 2.13. The molecule has 1 rings (SSSR count). The van der Waals surface area contributed by atoms with E-state index < -0.39 is 0 Å². The van der Waals surface area contributed by atoms with Gasteiger partial charge >= 0.3 is 5.97 Å². The Morgan fingerprint density at radius 2 is 2.18 bits per heavy atom. The lowest BCUT2D eigenvalue weighted by atomic mass is 10.0. The highest BCUT2D eigenvalue weighted by atomic mass is 16.5. The van der Waals surface area contributed by atoms with Crippen molar-refractivity contribution in [2.45, 2.75) is 13.3 Å². The van der Waals surface area contributed by atoms with Gasteiger partial charge in [-0.05, 0) is 13.3 Å². The summed E-state index contributed by atoms with van der Waals surface area (Å²) in [5, 5.41) is 0. The van der Waals surface area contributed by atoms with Crippen molar-refractivity contribution in [3.05, 3.63) is 24.3 Å². The molecule has 0 aromatic heterocycles. The zero-order chi connectivity index (χ0) is 8.10. The Morgan fingerprint density at radius 3 is 2.73 bits per heavy atom. The van der Waals surface area contributed by atoms with Crippen molar-refractivity contribution in [3.63, 3.8) is 0 Å². The summed E-state index contributed by atoms with van der Waals surface area (Å²) in [6.07, 6.45) is 8.62. The Bertz CT molecular complexity index is 180. The number of hydrogen-bond donors (Lipinski definition) is 0. The van der Waals surface area contributed by atoms with Gasteiger partial charge in [0, 0.05) is 0 Å². The number of carbonyl (C=O) groups excluding carboxylic acids is 1. The summed E-state index contributed by atoms with van der Waals surface area (Å²) >= 11 is 0. The minimum absolute atomic E-state index is 0.149. The van der Waals surface area contributed by atoms with Crippen molar-refractivity contribution in [1.29, 1.82) is 0 Å². The lowest BCUT2D eigenvalue weighted by Gasteiger charge is -2.08. The lowest BCUT2D eigenvalue weighted by molar-refractivity contribution is -0.144. The van der Waals surface area contributed by atoms with E-state index in [1.165, 1.54) is 0 Å². The third-order valence-corrected chi connectivity index (χ3v) is 1.52. The average molecular weight is 152 g/mol. The van der Waals surface area contributed by atoms with Gasteiger partial charge in [-0.1, -0.05) is 24.3 Å². The van der Waals surface area contributed by atoms with Crippen LogP contribution in [-0.4, -0.2) is 12.6 Å². The fourth-order valence-electron chi connectivity index (χ4n) is 0.989. The summed E-state index contributed by atoms with van der Waals surface area (Å²) in [5.41, 5.74) is 0. The fraction of sp³-hybridized carbons (Fsp3) is 0.444. The zero-order valence-electron chi connectivity index (χ0n) is 6.62. The SMILES string of the molecule is CCOC(=O)C1C=CCC=C1. The van der Waals surface area contributed by atoms with E-state index in [-0.39, 0.29) is 11.9 Å². The molecule has 0 fully saturated rings. The molecule has 0 atom stereocenters. The number of esters is 1. The second-order valence-corrected chi connectivity index (χ2v) is 2.37. The topological polar surface area (TPSA) is 26.3 Å². The average Bonchev–Trinajstić information content (AvgIpc) is 2.07. The molecular weight excluding hydrogens is 140 g/mol. The highest BCUT2D eigenvalue weighted by molar-refractivity contribution is 5.76. The van der Waals surface area contributed by atoms with E-state index >= 15 is 0 Å². The Labute approximate surface area is 66.5 Å². The Kier molecular flexibility index (Phi) is 2.90. The van der Waals surface area contributed by atoms with Gasteiger partial charge in [-0.25, -0.2) is 0 Å². The van der Waals surface area contributed by atoms with Crippen LogP contribution in [0.4, 0.5) is 0 Å². The molecule has 0 radical (unpaired) electrons. The number of hydrogen-bond acceptors (Lipinski definition) is 2. The smallest absolute Gasteiger partial charge is 0.316 e. The van der Waals surface area contributed by atoms with Crippen molar-refractivity contribution in [2.75, 3.05) is 6.61 Å². The lowest BCUT2D eigenvalue weighted by Crippen LogP contribution is -2.14. The van der Waals surface area contributed by atoms with Gasteiger partial charge < -0.3 is 4.74 Å². The maximum Gasteiger partial charge on any atom is 0.316 e. The van der Waals surface area contributed by atoms with Crippen LogP contribution in [0.15, 0.2) is 24.3 Å². The third-order valence-electron chi connectivity index (χ3n) is 1.52. The number of rotatable bonds is 2. The molecule has 0 spiro atoms. The van der Waals surface area contributed by atoms with Crippen LogP contribution in [0.3, 0.4) is 0 Å². The number of carbonyl (C=O) groups is 1. The molecule has 1 aliphatic rings. The van der Waals surface area contributed by atoms with Crippen LogP contribution in [0.2, 0.25) is 0 Å². The van der Waals surface area contributed by atoms with E-state index in [9.17, 15) is 4.79 Å². The summed E-state index contributed by atoms with van der Waals surface area (Å²) in [4.78, 5) is 11.1. The standard InChI is InChI=1S/C9H12O2/c1-2-11-9(10)8-6-4-3-5-7-8/h4-8H,2-3H2,1H3. The normalized spacial score (nSPS) is 16.8. The molecule has 0 aromatic carbocycles. The predicted octanol–water partition coefficient (Wildman–Crippen LogP) is 1.68. The Morgan fingerprint density at radius 1 is 1.55 bits per heavy atom. The van der Waals surface area contributed by atoms with Crippen LogP contribution in [0.5, 0.6) is 0 Å². The molecule has 11 heavy (non-hydrogen) atoms. The maximum atomic E-state index is 11.1. The van der Waals surface area contributed by atoms with Crippen molar-refractivity contribution in [2.24, 2.45) is 5.92 Å². The molecular formula is C9H12O2. The van der Waals surface area contributed by atoms with E-state index in [1.54, 1.807) is 0 Å². The first-order valence-electron chi connectivity index (χ1n) is 3.84. The van der Waals surface area contributed by atoms with E-state index in [0.717, 1.165) is 6.42 Å². The van der Waals surface area contributed by atoms with Crippen molar-refractivity contribution in [3.8, 4) is 0 Å². The molecule has 0 aromatic rings. The molecule has 60 valence electrons. The van der Waals surface area contributed by atoms with Crippen molar-refractivity contribution >= 4 is 5.97 Å². The predicted molar refractivity (Wildman–Crippen MR) is 43.0 cm³/mol. The molecule has 2 nitrogen and oxygen atoms in total. The van der Waals surface area contributed by atoms with Gasteiger partial charge in [0.15, 0.2) is 0 Å². The molecule has 0 aliphatic heterocycles. The highest BCUT2D eigenvalue weighted by Crippen LogP contribution is 2.10. The van der Waals surface area contributed by atoms with E-state index in [4.69, 9.17) is 4.74 Å². The molecule has 0 saturated heterocycles. The first-order chi connectivity index (χ1) is 5.34. The van der Waals surface area contributed by atoms with Gasteiger partial charge in [-0.3, -0.25) is 4.79 Å². The summed E-state index contributed by atoms with van der Waals surface area (Å²) in [7, 11) is 0. The van der Waals surface area contributed by atoms with E-state index in [2.05, 4.69) is 0 Å². The third kappa shape index (κ3) is 2.22. The number of ether oxygens (including phenoxy) is 1. The Hall–Kier alpha value is -1.05. The van der Waals surface area contributed by atoms with E-state index in [0.29, 0.717) is 6.61 Å². The van der Waals surface area contributed by atoms with Gasteiger partial charge in [-0.2, -0.15) is 0 Å².